The molecule has 0 radical (unpaired) electrons. The third-order valence-corrected chi connectivity index (χ3v) is 6.24. The highest BCUT2D eigenvalue weighted by Crippen LogP contribution is 2.50. The molecule has 0 saturated carbocycles. The van der Waals surface area contributed by atoms with Gasteiger partial charge in [0, 0.05) is 21.7 Å². The van der Waals surface area contributed by atoms with Crippen molar-refractivity contribution in [2.45, 2.75) is 46.0 Å². The number of aromatic nitrogens is 1. The van der Waals surface area contributed by atoms with Gasteiger partial charge in [0.05, 0.1) is 17.6 Å². The predicted molar refractivity (Wildman–Crippen MR) is 123 cm³/mol. The van der Waals surface area contributed by atoms with E-state index in [1.165, 1.54) is 16.8 Å². The van der Waals surface area contributed by atoms with Gasteiger partial charge in [-0.25, -0.2) is 0 Å². The van der Waals surface area contributed by atoms with Crippen molar-refractivity contribution in [3.8, 4) is 0 Å². The zero-order valence-electron chi connectivity index (χ0n) is 17.1. The zero-order valence-corrected chi connectivity index (χ0v) is 18.0. The molecule has 2 aliphatic rings. The number of thiol groups is 1. The second-order valence-electron chi connectivity index (χ2n) is 8.41. The smallest absolute Gasteiger partial charge is 0.0805 e. The van der Waals surface area contributed by atoms with Gasteiger partial charge in [-0.2, -0.15) is 0 Å². The fourth-order valence-corrected chi connectivity index (χ4v) is 5.31. The Kier molecular flexibility index (Phi) is 4.96. The standard InChI is InChI=1S/C25H28N2S/c1-17(2)22-24(28)23-21(25(22,3)4)15-20(16-26-23)27(18-11-7-5-8-12-18)19-13-9-6-10-14-19/h5,7-9,11-17,28H,6,10H2,1-4H3. The molecule has 0 saturated heterocycles. The number of nitrogens with zero attached hydrogens (tertiary/aromatic N) is 2. The van der Waals surface area contributed by atoms with Gasteiger partial charge in [-0.1, -0.05) is 58.0 Å². The number of para-hydroxylation sites is 1. The molecule has 28 heavy (non-hydrogen) atoms. The number of rotatable bonds is 4. The molecular formula is C25H28N2S. The van der Waals surface area contributed by atoms with E-state index in [0.717, 1.165) is 34.8 Å². The molecule has 3 heteroatoms. The molecule has 2 nitrogen and oxygen atoms in total. The van der Waals surface area contributed by atoms with Crippen LogP contribution in [-0.4, -0.2) is 4.98 Å². The van der Waals surface area contributed by atoms with Crippen LogP contribution in [0, 0.1) is 5.92 Å². The zero-order chi connectivity index (χ0) is 19.9. The minimum atomic E-state index is -0.0667. The first-order valence-corrected chi connectivity index (χ1v) is 10.5. The van der Waals surface area contributed by atoms with Crippen molar-refractivity contribution in [3.05, 3.63) is 83.4 Å². The summed E-state index contributed by atoms with van der Waals surface area (Å²) in [6.07, 6.45) is 10.9. The van der Waals surface area contributed by atoms with Crippen LogP contribution < -0.4 is 4.90 Å². The van der Waals surface area contributed by atoms with Crippen molar-refractivity contribution in [1.29, 1.82) is 0 Å². The monoisotopic (exact) mass is 388 g/mol. The van der Waals surface area contributed by atoms with Gasteiger partial charge in [0.2, 0.25) is 0 Å². The van der Waals surface area contributed by atoms with Gasteiger partial charge in [0.25, 0.3) is 0 Å². The summed E-state index contributed by atoms with van der Waals surface area (Å²) < 4.78 is 0. The van der Waals surface area contributed by atoms with Gasteiger partial charge >= 0.3 is 0 Å². The van der Waals surface area contributed by atoms with Crippen LogP contribution in [-0.2, 0) is 5.41 Å². The lowest BCUT2D eigenvalue weighted by Gasteiger charge is -2.30. The first-order valence-electron chi connectivity index (χ1n) is 10.1. The molecule has 0 amide bonds. The molecule has 144 valence electrons. The maximum atomic E-state index is 4.88. The summed E-state index contributed by atoms with van der Waals surface area (Å²) >= 11 is 4.86. The van der Waals surface area contributed by atoms with Crippen molar-refractivity contribution in [1.82, 2.24) is 4.98 Å². The van der Waals surface area contributed by atoms with E-state index < -0.39 is 0 Å². The lowest BCUT2D eigenvalue weighted by atomic mass is 9.77. The van der Waals surface area contributed by atoms with Crippen LogP contribution in [0.3, 0.4) is 0 Å². The van der Waals surface area contributed by atoms with E-state index in [9.17, 15) is 0 Å². The number of benzene rings is 1. The number of pyridine rings is 1. The summed E-state index contributed by atoms with van der Waals surface area (Å²) in [5.74, 6) is 0.439. The fourth-order valence-electron chi connectivity index (χ4n) is 4.59. The van der Waals surface area contributed by atoms with Crippen molar-refractivity contribution in [2.24, 2.45) is 5.92 Å². The number of allylic oxidation sites excluding steroid dienone is 4. The lowest BCUT2D eigenvalue weighted by molar-refractivity contribution is 0.555. The first kappa shape index (κ1) is 19.1. The number of hydrogen-bond acceptors (Lipinski definition) is 3. The quantitative estimate of drug-likeness (QED) is 0.565. The Bertz CT molecular complexity index is 981. The Morgan fingerprint density at radius 2 is 1.82 bits per heavy atom. The number of hydrogen-bond donors (Lipinski definition) is 1. The second kappa shape index (κ2) is 7.29. The van der Waals surface area contributed by atoms with Crippen molar-refractivity contribution >= 4 is 28.9 Å². The molecule has 1 heterocycles. The van der Waals surface area contributed by atoms with Crippen molar-refractivity contribution < 1.29 is 0 Å². The summed E-state index contributed by atoms with van der Waals surface area (Å²) in [4.78, 5) is 8.24. The lowest BCUT2D eigenvalue weighted by Crippen LogP contribution is -2.22. The van der Waals surface area contributed by atoms with E-state index in [4.69, 9.17) is 17.6 Å². The molecule has 0 bridgehead atoms. The molecule has 0 unspecified atom stereocenters. The third kappa shape index (κ3) is 3.12. The molecule has 0 aliphatic heterocycles. The Balaban J connectivity index is 1.85. The van der Waals surface area contributed by atoms with Gasteiger partial charge in [-0.3, -0.25) is 4.98 Å². The van der Waals surface area contributed by atoms with Crippen LogP contribution in [0.15, 0.2) is 72.1 Å². The van der Waals surface area contributed by atoms with Crippen LogP contribution in [0.5, 0.6) is 0 Å². The fraction of sp³-hybridized carbons (Fsp3) is 0.320. The van der Waals surface area contributed by atoms with Gasteiger partial charge in [0.15, 0.2) is 0 Å². The van der Waals surface area contributed by atoms with E-state index in [-0.39, 0.29) is 5.41 Å². The van der Waals surface area contributed by atoms with E-state index in [1.54, 1.807) is 0 Å². The van der Waals surface area contributed by atoms with Crippen molar-refractivity contribution in [2.75, 3.05) is 4.90 Å². The second-order valence-corrected chi connectivity index (χ2v) is 8.86. The van der Waals surface area contributed by atoms with Crippen LogP contribution in [0.2, 0.25) is 0 Å². The van der Waals surface area contributed by atoms with E-state index in [2.05, 4.69) is 87.2 Å². The van der Waals surface area contributed by atoms with Crippen LogP contribution >= 0.6 is 12.6 Å². The summed E-state index contributed by atoms with van der Waals surface area (Å²) in [7, 11) is 0. The molecule has 1 aromatic heterocycles. The summed E-state index contributed by atoms with van der Waals surface area (Å²) in [5.41, 5.74) is 7.06. The molecule has 0 fully saturated rings. The SMILES string of the molecule is CC(C)C1=C(S)c2ncc(N(C3=CCCC=C3)c3ccccc3)cc2C1(C)C. The molecular weight excluding hydrogens is 360 g/mol. The van der Waals surface area contributed by atoms with Crippen LogP contribution in [0.1, 0.15) is 51.8 Å². The predicted octanol–water partition coefficient (Wildman–Crippen LogP) is 7.04. The molecule has 0 atom stereocenters. The highest BCUT2D eigenvalue weighted by molar-refractivity contribution is 7.90. The van der Waals surface area contributed by atoms with E-state index in [1.807, 2.05) is 6.20 Å². The summed E-state index contributed by atoms with van der Waals surface area (Å²) in [5, 5.41) is 0. The maximum absolute atomic E-state index is 4.88. The molecule has 0 N–H and O–H groups in total. The maximum Gasteiger partial charge on any atom is 0.0805 e. The Labute approximate surface area is 174 Å². The van der Waals surface area contributed by atoms with Crippen LogP contribution in [0.4, 0.5) is 11.4 Å². The molecule has 2 aliphatic carbocycles. The molecule has 4 rings (SSSR count). The van der Waals surface area contributed by atoms with Gasteiger partial charge < -0.3 is 4.90 Å². The van der Waals surface area contributed by atoms with Gasteiger partial charge in [-0.05, 0) is 54.2 Å². The van der Waals surface area contributed by atoms with E-state index in [0.29, 0.717) is 5.92 Å². The molecule has 0 spiro atoms. The minimum Gasteiger partial charge on any atom is -0.309 e. The van der Waals surface area contributed by atoms with E-state index >= 15 is 0 Å². The number of anilines is 2. The Hall–Kier alpha value is -2.26. The van der Waals surface area contributed by atoms with Crippen molar-refractivity contribution in [3.63, 3.8) is 0 Å². The average molecular weight is 389 g/mol. The number of fused-ring (bicyclic) bond motifs is 1. The highest BCUT2D eigenvalue weighted by Gasteiger charge is 2.39. The topological polar surface area (TPSA) is 16.1 Å². The third-order valence-electron chi connectivity index (χ3n) is 5.78. The summed E-state index contributed by atoms with van der Waals surface area (Å²) in [6, 6.07) is 12.9. The molecule has 1 aromatic carbocycles. The highest BCUT2D eigenvalue weighted by atomic mass is 32.1. The van der Waals surface area contributed by atoms with Gasteiger partial charge in [0.1, 0.15) is 0 Å². The molecule has 2 aromatic rings. The normalized spacial score (nSPS) is 17.7. The largest absolute Gasteiger partial charge is 0.309 e. The first-order chi connectivity index (χ1) is 13.4. The Morgan fingerprint density at radius 1 is 1.07 bits per heavy atom. The van der Waals surface area contributed by atoms with Gasteiger partial charge in [-0.15, -0.1) is 12.6 Å². The Morgan fingerprint density at radius 3 is 2.46 bits per heavy atom. The minimum absolute atomic E-state index is 0.0667. The van der Waals surface area contributed by atoms with Crippen LogP contribution in [0.25, 0.3) is 4.91 Å². The summed E-state index contributed by atoms with van der Waals surface area (Å²) in [6.45, 7) is 9.08. The average Bonchev–Trinajstić information content (AvgIpc) is 2.89.